The first-order chi connectivity index (χ1) is 14.1. The lowest BCUT2D eigenvalue weighted by Crippen LogP contribution is -2.35. The molecular formula is C19H18F3N3O4S. The minimum atomic E-state index is -4.86. The van der Waals surface area contributed by atoms with Crippen molar-refractivity contribution in [3.05, 3.63) is 70.3 Å². The summed E-state index contributed by atoms with van der Waals surface area (Å²) in [6.45, 7) is -0.731. The Labute approximate surface area is 170 Å². The molecule has 11 heteroatoms. The van der Waals surface area contributed by atoms with E-state index >= 15 is 0 Å². The number of H-pyrrole nitrogens is 1. The van der Waals surface area contributed by atoms with E-state index in [2.05, 4.69) is 9.97 Å². The molecule has 0 bridgehead atoms. The molecule has 0 saturated carbocycles. The molecule has 3 aromatic rings. The van der Waals surface area contributed by atoms with Gasteiger partial charge in [-0.2, -0.15) is 17.5 Å². The summed E-state index contributed by atoms with van der Waals surface area (Å²) in [7, 11) is -3.24. The predicted molar refractivity (Wildman–Crippen MR) is 103 cm³/mol. The number of methoxy groups -OCH3 is 1. The van der Waals surface area contributed by atoms with Gasteiger partial charge in [0.05, 0.1) is 34.5 Å². The van der Waals surface area contributed by atoms with Gasteiger partial charge >= 0.3 is 6.18 Å². The van der Waals surface area contributed by atoms with Crippen LogP contribution in [-0.2, 0) is 27.5 Å². The second-order valence-electron chi connectivity index (χ2n) is 6.36. The van der Waals surface area contributed by atoms with Crippen molar-refractivity contribution in [2.45, 2.75) is 17.6 Å². The SMILES string of the molecule is COCCN(Cc1nc2ccccc2c(=O)[nH]1)S(=O)(=O)c1ccccc1C(F)(F)F. The molecule has 30 heavy (non-hydrogen) atoms. The smallest absolute Gasteiger partial charge is 0.383 e. The molecule has 0 aliphatic carbocycles. The average Bonchev–Trinajstić information content (AvgIpc) is 2.70. The van der Waals surface area contributed by atoms with E-state index in [1.165, 1.54) is 13.2 Å². The highest BCUT2D eigenvalue weighted by Gasteiger charge is 2.39. The van der Waals surface area contributed by atoms with Crippen LogP contribution in [0.1, 0.15) is 11.4 Å². The summed E-state index contributed by atoms with van der Waals surface area (Å²) in [4.78, 5) is 18.1. The van der Waals surface area contributed by atoms with Gasteiger partial charge in [0, 0.05) is 13.7 Å². The third-order valence-electron chi connectivity index (χ3n) is 4.34. The van der Waals surface area contributed by atoms with E-state index in [1.54, 1.807) is 24.3 Å². The minimum Gasteiger partial charge on any atom is -0.383 e. The van der Waals surface area contributed by atoms with Crippen molar-refractivity contribution >= 4 is 20.9 Å². The molecule has 0 spiro atoms. The zero-order valence-electron chi connectivity index (χ0n) is 15.8. The number of para-hydroxylation sites is 1. The van der Waals surface area contributed by atoms with Crippen LogP contribution in [0, 0.1) is 0 Å². The summed E-state index contributed by atoms with van der Waals surface area (Å²) < 4.78 is 72.1. The quantitative estimate of drug-likeness (QED) is 0.609. The fourth-order valence-corrected chi connectivity index (χ4v) is 4.52. The molecule has 2 aromatic carbocycles. The normalized spacial score (nSPS) is 12.6. The molecule has 1 N–H and O–H groups in total. The van der Waals surface area contributed by atoms with Crippen LogP contribution in [0.4, 0.5) is 13.2 Å². The van der Waals surface area contributed by atoms with Crippen molar-refractivity contribution in [1.82, 2.24) is 14.3 Å². The predicted octanol–water partition coefficient (Wildman–Crippen LogP) is 2.78. The van der Waals surface area contributed by atoms with Gasteiger partial charge in [-0.1, -0.05) is 24.3 Å². The maximum atomic E-state index is 13.4. The number of halogens is 3. The van der Waals surface area contributed by atoms with Crippen molar-refractivity contribution in [2.24, 2.45) is 0 Å². The average molecular weight is 441 g/mol. The number of rotatable bonds is 7. The van der Waals surface area contributed by atoms with E-state index in [1.807, 2.05) is 0 Å². The zero-order chi connectivity index (χ0) is 21.9. The maximum Gasteiger partial charge on any atom is 0.417 e. The summed E-state index contributed by atoms with van der Waals surface area (Å²) in [6, 6.07) is 10.4. The van der Waals surface area contributed by atoms with Crippen LogP contribution in [0.25, 0.3) is 10.9 Å². The lowest BCUT2D eigenvalue weighted by atomic mass is 10.2. The number of hydrogen-bond donors (Lipinski definition) is 1. The van der Waals surface area contributed by atoms with E-state index in [9.17, 15) is 26.4 Å². The Kier molecular flexibility index (Phi) is 6.25. The molecule has 0 unspecified atom stereocenters. The molecule has 1 heterocycles. The summed E-state index contributed by atoms with van der Waals surface area (Å²) in [5.41, 5.74) is -1.40. The fraction of sp³-hybridized carbons (Fsp3) is 0.263. The van der Waals surface area contributed by atoms with Gasteiger partial charge in [-0.15, -0.1) is 0 Å². The molecule has 0 radical (unpaired) electrons. The van der Waals surface area contributed by atoms with Crippen molar-refractivity contribution in [1.29, 1.82) is 0 Å². The number of benzene rings is 2. The fourth-order valence-electron chi connectivity index (χ4n) is 2.92. The van der Waals surface area contributed by atoms with Gasteiger partial charge < -0.3 is 9.72 Å². The van der Waals surface area contributed by atoms with Crippen LogP contribution in [0.2, 0.25) is 0 Å². The van der Waals surface area contributed by atoms with Crippen LogP contribution in [0.15, 0.2) is 58.2 Å². The lowest BCUT2D eigenvalue weighted by molar-refractivity contribution is -0.139. The van der Waals surface area contributed by atoms with Crippen molar-refractivity contribution in [2.75, 3.05) is 20.3 Å². The number of fused-ring (bicyclic) bond motifs is 1. The molecule has 1 aromatic heterocycles. The molecule has 0 aliphatic heterocycles. The van der Waals surface area contributed by atoms with Crippen LogP contribution in [0.3, 0.4) is 0 Å². The number of sulfonamides is 1. The first kappa shape index (κ1) is 21.9. The van der Waals surface area contributed by atoms with Crippen LogP contribution >= 0.6 is 0 Å². The monoisotopic (exact) mass is 441 g/mol. The molecule has 0 atom stereocenters. The van der Waals surface area contributed by atoms with E-state index in [0.29, 0.717) is 17.0 Å². The van der Waals surface area contributed by atoms with Crippen molar-refractivity contribution < 1.29 is 26.3 Å². The minimum absolute atomic E-state index is 0.00266. The standard InChI is InChI=1S/C19H18F3N3O4S/c1-29-11-10-25(12-17-23-15-8-4-2-6-13(15)18(26)24-17)30(27,28)16-9-5-3-7-14(16)19(20,21)22/h2-9H,10-12H2,1H3,(H,23,24,26). The Balaban J connectivity index is 2.06. The Morgan fingerprint density at radius 3 is 2.47 bits per heavy atom. The third kappa shape index (κ3) is 4.53. The topological polar surface area (TPSA) is 92.4 Å². The van der Waals surface area contributed by atoms with Gasteiger partial charge in [-0.05, 0) is 24.3 Å². The van der Waals surface area contributed by atoms with Gasteiger partial charge in [0.1, 0.15) is 5.82 Å². The summed E-state index contributed by atoms with van der Waals surface area (Å²) >= 11 is 0. The number of ether oxygens (including phenoxy) is 1. The zero-order valence-corrected chi connectivity index (χ0v) is 16.6. The molecule has 0 fully saturated rings. The first-order valence-electron chi connectivity index (χ1n) is 8.78. The summed E-state index contributed by atoms with van der Waals surface area (Å²) in [5, 5.41) is 0.315. The lowest BCUT2D eigenvalue weighted by Gasteiger charge is -2.23. The number of aromatic amines is 1. The molecule has 3 rings (SSSR count). The molecule has 0 aliphatic rings. The molecule has 7 nitrogen and oxygen atoms in total. The van der Waals surface area contributed by atoms with E-state index < -0.39 is 38.8 Å². The number of nitrogens with one attached hydrogen (secondary N) is 1. The number of alkyl halides is 3. The van der Waals surface area contributed by atoms with Crippen LogP contribution in [0.5, 0.6) is 0 Å². The third-order valence-corrected chi connectivity index (χ3v) is 6.25. The molecule has 160 valence electrons. The van der Waals surface area contributed by atoms with E-state index in [4.69, 9.17) is 4.74 Å². The number of hydrogen-bond acceptors (Lipinski definition) is 5. The largest absolute Gasteiger partial charge is 0.417 e. The number of aromatic nitrogens is 2. The highest BCUT2D eigenvalue weighted by atomic mass is 32.2. The molecule has 0 saturated heterocycles. The van der Waals surface area contributed by atoms with E-state index in [0.717, 1.165) is 16.4 Å². The Hall–Kier alpha value is -2.76. The van der Waals surface area contributed by atoms with Gasteiger partial charge in [-0.3, -0.25) is 4.79 Å². The van der Waals surface area contributed by atoms with Gasteiger partial charge in [0.15, 0.2) is 0 Å². The second-order valence-corrected chi connectivity index (χ2v) is 8.26. The van der Waals surface area contributed by atoms with Crippen molar-refractivity contribution in [3.63, 3.8) is 0 Å². The highest BCUT2D eigenvalue weighted by Crippen LogP contribution is 2.35. The Morgan fingerprint density at radius 1 is 1.10 bits per heavy atom. The van der Waals surface area contributed by atoms with Crippen LogP contribution < -0.4 is 5.56 Å². The van der Waals surface area contributed by atoms with E-state index in [-0.39, 0.29) is 19.0 Å². The second kappa shape index (κ2) is 8.54. The molecular weight excluding hydrogens is 423 g/mol. The number of nitrogens with zero attached hydrogens (tertiary/aromatic N) is 2. The van der Waals surface area contributed by atoms with Gasteiger partial charge in [0.25, 0.3) is 5.56 Å². The first-order valence-corrected chi connectivity index (χ1v) is 10.2. The summed E-state index contributed by atoms with van der Waals surface area (Å²) in [5.74, 6) is 0.00266. The Bertz CT molecular complexity index is 1210. The molecule has 0 amide bonds. The highest BCUT2D eigenvalue weighted by molar-refractivity contribution is 7.89. The van der Waals surface area contributed by atoms with Gasteiger partial charge in [-0.25, -0.2) is 13.4 Å². The van der Waals surface area contributed by atoms with Gasteiger partial charge in [0.2, 0.25) is 10.0 Å². The maximum absolute atomic E-state index is 13.4. The Morgan fingerprint density at radius 2 is 1.77 bits per heavy atom. The van der Waals surface area contributed by atoms with Crippen molar-refractivity contribution in [3.8, 4) is 0 Å². The summed E-state index contributed by atoms with van der Waals surface area (Å²) in [6.07, 6.45) is -4.86. The van der Waals surface area contributed by atoms with Crippen LogP contribution in [-0.4, -0.2) is 43.0 Å².